The van der Waals surface area contributed by atoms with Crippen molar-refractivity contribution in [3.63, 3.8) is 0 Å². The Kier molecular flexibility index (Phi) is 2.32. The second-order valence-electron chi connectivity index (χ2n) is 1.56. The molecule has 0 unspecified atom stereocenters. The van der Waals surface area contributed by atoms with Crippen LogP contribution < -0.4 is 10.9 Å². The summed E-state index contributed by atoms with van der Waals surface area (Å²) >= 11 is 8.56. The second-order valence-corrected chi connectivity index (χ2v) is 2.72. The first-order chi connectivity index (χ1) is 4.29. The van der Waals surface area contributed by atoms with E-state index in [2.05, 4.69) is 35.7 Å². The third kappa shape index (κ3) is 2.21. The van der Waals surface area contributed by atoms with Crippen LogP contribution in [0.2, 0.25) is 0 Å². The maximum atomic E-state index is 4.68. The highest BCUT2D eigenvalue weighted by Gasteiger charge is 2.02. The van der Waals surface area contributed by atoms with Crippen LogP contribution in [0.25, 0.3) is 0 Å². The third-order valence-electron chi connectivity index (χ3n) is 0.867. The van der Waals surface area contributed by atoms with Gasteiger partial charge in [-0.2, -0.15) is 0 Å². The average Bonchev–Trinajstić information content (AvgIpc) is 2.15. The van der Waals surface area contributed by atoms with Crippen LogP contribution >= 0.6 is 24.8 Å². The van der Waals surface area contributed by atoms with Gasteiger partial charge in [-0.25, -0.2) is 0 Å². The minimum Gasteiger partial charge on any atom is -0.309 e. The maximum absolute atomic E-state index is 4.68. The van der Waals surface area contributed by atoms with E-state index in [1.165, 1.54) is 0 Å². The van der Waals surface area contributed by atoms with E-state index in [0.29, 0.717) is 4.32 Å². The van der Waals surface area contributed by atoms with Crippen LogP contribution in [0.4, 0.5) is 0 Å². The quantitative estimate of drug-likeness (QED) is 0.374. The Bertz CT molecular complexity index is 137. The van der Waals surface area contributed by atoms with E-state index in [0.717, 1.165) is 6.54 Å². The predicted molar refractivity (Wildman–Crippen MR) is 43.7 cm³/mol. The minimum absolute atomic E-state index is 0.464. The fourth-order valence-electron chi connectivity index (χ4n) is 0.547. The number of thiol groups is 1. The fourth-order valence-corrected chi connectivity index (χ4v) is 0.778. The van der Waals surface area contributed by atoms with Crippen molar-refractivity contribution in [1.29, 1.82) is 0 Å². The number of nitrogens with one attached hydrogen (secondary N) is 2. The van der Waals surface area contributed by atoms with Crippen LogP contribution in [0.1, 0.15) is 0 Å². The van der Waals surface area contributed by atoms with Crippen molar-refractivity contribution in [3.05, 3.63) is 12.3 Å². The molecule has 0 atom stereocenters. The first kappa shape index (κ1) is 6.85. The van der Waals surface area contributed by atoms with Crippen molar-refractivity contribution < 1.29 is 0 Å². The third-order valence-corrected chi connectivity index (χ3v) is 1.06. The van der Waals surface area contributed by atoms with Crippen LogP contribution in [-0.4, -0.2) is 16.0 Å². The Balaban J connectivity index is 2.22. The molecule has 1 heterocycles. The Labute approximate surface area is 64.5 Å². The highest BCUT2D eigenvalue weighted by Crippen LogP contribution is 1.88. The molecule has 0 fully saturated rings. The second kappa shape index (κ2) is 3.05. The molecule has 3 nitrogen and oxygen atoms in total. The van der Waals surface area contributed by atoms with Gasteiger partial charge < -0.3 is 5.43 Å². The summed E-state index contributed by atoms with van der Waals surface area (Å²) < 4.78 is 0.464. The summed E-state index contributed by atoms with van der Waals surface area (Å²) in [5, 5.41) is 1.73. The van der Waals surface area contributed by atoms with Crippen molar-refractivity contribution in [1.82, 2.24) is 16.0 Å². The minimum atomic E-state index is 0.464. The highest BCUT2D eigenvalue weighted by molar-refractivity contribution is 8.11. The summed E-state index contributed by atoms with van der Waals surface area (Å²) in [6.45, 7) is 0.806. The first-order valence-corrected chi connectivity index (χ1v) is 3.33. The van der Waals surface area contributed by atoms with Gasteiger partial charge in [-0.15, -0.1) is 17.7 Å². The number of rotatable bonds is 1. The number of thiocarbonyl (C=S) groups is 1. The molecule has 0 aliphatic carbocycles. The van der Waals surface area contributed by atoms with Crippen molar-refractivity contribution in [2.75, 3.05) is 6.54 Å². The zero-order chi connectivity index (χ0) is 6.69. The maximum Gasteiger partial charge on any atom is 0.146 e. The van der Waals surface area contributed by atoms with Gasteiger partial charge in [0.15, 0.2) is 0 Å². The van der Waals surface area contributed by atoms with Crippen LogP contribution in [0.3, 0.4) is 0 Å². The smallest absolute Gasteiger partial charge is 0.146 e. The number of nitrogens with zero attached hydrogens (tertiary/aromatic N) is 1. The lowest BCUT2D eigenvalue weighted by Gasteiger charge is -2.15. The largest absolute Gasteiger partial charge is 0.309 e. The molecule has 9 heavy (non-hydrogen) atoms. The summed E-state index contributed by atoms with van der Waals surface area (Å²) in [4.78, 5) is 0. The zero-order valence-electron chi connectivity index (χ0n) is 4.66. The molecule has 1 aliphatic heterocycles. The van der Waals surface area contributed by atoms with E-state index in [4.69, 9.17) is 0 Å². The SMILES string of the molecule is S=C(S)NN1CC=CN1. The van der Waals surface area contributed by atoms with Gasteiger partial charge in [0.1, 0.15) is 4.32 Å². The van der Waals surface area contributed by atoms with Gasteiger partial charge >= 0.3 is 0 Å². The molecule has 1 aliphatic rings. The Morgan fingerprint density at radius 3 is 3.11 bits per heavy atom. The molecular weight excluding hydrogens is 154 g/mol. The molecule has 0 saturated heterocycles. The van der Waals surface area contributed by atoms with Crippen molar-refractivity contribution in [3.8, 4) is 0 Å². The van der Waals surface area contributed by atoms with Gasteiger partial charge in [-0.05, 0) is 6.08 Å². The Morgan fingerprint density at radius 1 is 1.89 bits per heavy atom. The van der Waals surface area contributed by atoms with Crippen LogP contribution in [0.15, 0.2) is 12.3 Å². The van der Waals surface area contributed by atoms with E-state index in [1.54, 1.807) is 5.12 Å². The highest BCUT2D eigenvalue weighted by atomic mass is 32.1. The number of hydrazine groups is 2. The lowest BCUT2D eigenvalue weighted by molar-refractivity contribution is 0.229. The van der Waals surface area contributed by atoms with Gasteiger partial charge in [-0.3, -0.25) is 5.43 Å². The van der Waals surface area contributed by atoms with Crippen LogP contribution in [0, 0.1) is 0 Å². The fraction of sp³-hybridized carbons (Fsp3) is 0.250. The van der Waals surface area contributed by atoms with Crippen LogP contribution in [-0.2, 0) is 0 Å². The normalized spacial score (nSPS) is 17.4. The average molecular weight is 161 g/mol. The zero-order valence-corrected chi connectivity index (χ0v) is 6.38. The van der Waals surface area contributed by atoms with Gasteiger partial charge in [-0.1, -0.05) is 12.2 Å². The molecule has 0 aromatic heterocycles. The van der Waals surface area contributed by atoms with Gasteiger partial charge in [0.05, 0.1) is 6.54 Å². The molecule has 0 aromatic carbocycles. The Hall–Kier alpha value is -0.260. The van der Waals surface area contributed by atoms with Crippen LogP contribution in [0.5, 0.6) is 0 Å². The van der Waals surface area contributed by atoms with E-state index >= 15 is 0 Å². The Morgan fingerprint density at radius 2 is 2.67 bits per heavy atom. The van der Waals surface area contributed by atoms with Gasteiger partial charge in [0.25, 0.3) is 0 Å². The molecule has 1 rings (SSSR count). The summed E-state index contributed by atoms with van der Waals surface area (Å²) in [5.41, 5.74) is 5.69. The first-order valence-electron chi connectivity index (χ1n) is 2.47. The van der Waals surface area contributed by atoms with Crippen molar-refractivity contribution >= 4 is 29.2 Å². The van der Waals surface area contributed by atoms with Crippen molar-refractivity contribution in [2.24, 2.45) is 0 Å². The molecule has 0 saturated carbocycles. The summed E-state index contributed by atoms with van der Waals surface area (Å²) in [7, 11) is 0. The molecule has 0 bridgehead atoms. The molecule has 50 valence electrons. The molecule has 5 heteroatoms. The standard InChI is InChI=1S/C4H7N3S2/c8-4(9)6-7-3-1-2-5-7/h1-2,5H,3H2,(H2,6,8,9). The summed E-state index contributed by atoms with van der Waals surface area (Å²) in [6.07, 6.45) is 3.80. The summed E-state index contributed by atoms with van der Waals surface area (Å²) in [6, 6.07) is 0. The van der Waals surface area contributed by atoms with Crippen molar-refractivity contribution in [2.45, 2.75) is 0 Å². The van der Waals surface area contributed by atoms with E-state index in [9.17, 15) is 0 Å². The van der Waals surface area contributed by atoms with E-state index in [1.807, 2.05) is 12.3 Å². The van der Waals surface area contributed by atoms with E-state index in [-0.39, 0.29) is 0 Å². The lowest BCUT2D eigenvalue weighted by Crippen LogP contribution is -2.43. The molecular formula is C4H7N3S2. The lowest BCUT2D eigenvalue weighted by atomic mass is 10.7. The van der Waals surface area contributed by atoms with Gasteiger partial charge in [0, 0.05) is 6.20 Å². The molecule has 2 N–H and O–H groups in total. The molecule has 0 aromatic rings. The molecule has 0 spiro atoms. The summed E-state index contributed by atoms with van der Waals surface area (Å²) in [5.74, 6) is 0. The predicted octanol–water partition coefficient (Wildman–Crippen LogP) is 0.0396. The monoisotopic (exact) mass is 161 g/mol. The number of hydrogen-bond acceptors (Lipinski definition) is 3. The molecule has 0 radical (unpaired) electrons. The number of hydrogen-bond donors (Lipinski definition) is 3. The van der Waals surface area contributed by atoms with E-state index < -0.39 is 0 Å². The molecule has 0 amide bonds. The topological polar surface area (TPSA) is 27.3 Å². The van der Waals surface area contributed by atoms with Gasteiger partial charge in [0.2, 0.25) is 0 Å².